The van der Waals surface area contributed by atoms with E-state index in [-0.39, 0.29) is 6.10 Å². The van der Waals surface area contributed by atoms with Crippen molar-refractivity contribution < 1.29 is 5.11 Å². The van der Waals surface area contributed by atoms with Gasteiger partial charge < -0.3 is 10.8 Å². The molecule has 0 atom stereocenters. The van der Waals surface area contributed by atoms with Crippen molar-refractivity contribution in [2.24, 2.45) is 0 Å². The van der Waals surface area contributed by atoms with Crippen molar-refractivity contribution in [3.8, 4) is 0 Å². The van der Waals surface area contributed by atoms with Crippen LogP contribution in [0.4, 0.5) is 5.69 Å². The van der Waals surface area contributed by atoms with Gasteiger partial charge in [-0.25, -0.2) is 0 Å². The highest BCUT2D eigenvalue weighted by atomic mass is 35.5. The monoisotopic (exact) mass is 212 g/mol. The Kier molecular flexibility index (Phi) is 2.63. The third-order valence-corrected chi connectivity index (χ3v) is 2.76. The van der Waals surface area contributed by atoms with E-state index in [2.05, 4.69) is 4.90 Å². The summed E-state index contributed by atoms with van der Waals surface area (Å²) in [7, 11) is 0. The normalized spacial score (nSPS) is 18.1. The summed E-state index contributed by atoms with van der Waals surface area (Å²) in [5.74, 6) is 0. The average Bonchev–Trinajstić information content (AvgIpc) is 2.06. The molecule has 0 spiro atoms. The van der Waals surface area contributed by atoms with Crippen molar-refractivity contribution in [1.82, 2.24) is 4.90 Å². The fourth-order valence-corrected chi connectivity index (χ4v) is 1.85. The molecular formula is C10H13ClN2O. The van der Waals surface area contributed by atoms with Gasteiger partial charge in [-0.1, -0.05) is 17.7 Å². The number of anilines is 1. The van der Waals surface area contributed by atoms with Crippen molar-refractivity contribution in [1.29, 1.82) is 0 Å². The standard InChI is InChI=1S/C10H13ClN2O/c11-10-3-8(12)2-1-7(10)4-13-5-9(14)6-13/h1-3,9,14H,4-6,12H2. The fourth-order valence-electron chi connectivity index (χ4n) is 1.60. The Bertz CT molecular complexity index is 337. The molecule has 1 aliphatic rings. The number of aliphatic hydroxyl groups is 1. The molecule has 1 aromatic rings. The molecule has 0 aliphatic carbocycles. The summed E-state index contributed by atoms with van der Waals surface area (Å²) in [5.41, 5.74) is 7.33. The van der Waals surface area contributed by atoms with Gasteiger partial charge in [0.2, 0.25) is 0 Å². The quantitative estimate of drug-likeness (QED) is 0.722. The summed E-state index contributed by atoms with van der Waals surface area (Å²) in [6.07, 6.45) is -0.164. The number of hydrogen-bond acceptors (Lipinski definition) is 3. The number of nitrogen functional groups attached to an aromatic ring is 1. The van der Waals surface area contributed by atoms with Crippen LogP contribution in [-0.4, -0.2) is 29.2 Å². The van der Waals surface area contributed by atoms with E-state index in [1.807, 2.05) is 12.1 Å². The van der Waals surface area contributed by atoms with E-state index < -0.39 is 0 Å². The molecule has 4 heteroatoms. The van der Waals surface area contributed by atoms with Crippen molar-refractivity contribution in [2.75, 3.05) is 18.8 Å². The Morgan fingerprint density at radius 2 is 2.21 bits per heavy atom. The van der Waals surface area contributed by atoms with Gasteiger partial charge in [-0.3, -0.25) is 4.90 Å². The summed E-state index contributed by atoms with van der Waals surface area (Å²) in [4.78, 5) is 2.14. The first-order valence-corrected chi connectivity index (χ1v) is 4.97. The molecule has 1 aromatic carbocycles. The Hall–Kier alpha value is -0.770. The number of hydrogen-bond donors (Lipinski definition) is 2. The molecule has 2 rings (SSSR count). The van der Waals surface area contributed by atoms with Gasteiger partial charge >= 0.3 is 0 Å². The van der Waals surface area contributed by atoms with Gasteiger partial charge in [0, 0.05) is 30.3 Å². The van der Waals surface area contributed by atoms with E-state index in [0.29, 0.717) is 10.7 Å². The van der Waals surface area contributed by atoms with Gasteiger partial charge in [0.1, 0.15) is 0 Å². The third-order valence-electron chi connectivity index (χ3n) is 2.41. The van der Waals surface area contributed by atoms with E-state index in [1.54, 1.807) is 6.07 Å². The predicted octanol–water partition coefficient (Wildman–Crippen LogP) is 1.10. The topological polar surface area (TPSA) is 49.5 Å². The van der Waals surface area contributed by atoms with Gasteiger partial charge in [-0.2, -0.15) is 0 Å². The second-order valence-corrected chi connectivity index (χ2v) is 4.11. The van der Waals surface area contributed by atoms with Crippen LogP contribution in [0.25, 0.3) is 0 Å². The Morgan fingerprint density at radius 1 is 1.50 bits per heavy atom. The molecule has 76 valence electrons. The van der Waals surface area contributed by atoms with E-state index in [4.69, 9.17) is 22.4 Å². The summed E-state index contributed by atoms with van der Waals surface area (Å²) >= 11 is 6.02. The van der Waals surface area contributed by atoms with Crippen molar-refractivity contribution >= 4 is 17.3 Å². The highest BCUT2D eigenvalue weighted by Gasteiger charge is 2.24. The van der Waals surface area contributed by atoms with Gasteiger partial charge in [0.25, 0.3) is 0 Å². The summed E-state index contributed by atoms with van der Waals surface area (Å²) in [6, 6.07) is 5.53. The Morgan fingerprint density at radius 3 is 2.79 bits per heavy atom. The van der Waals surface area contributed by atoms with E-state index >= 15 is 0 Å². The molecule has 1 aliphatic heterocycles. The highest BCUT2D eigenvalue weighted by Crippen LogP contribution is 2.22. The number of nitrogens with two attached hydrogens (primary N) is 1. The molecule has 0 bridgehead atoms. The van der Waals surface area contributed by atoms with Crippen LogP contribution in [-0.2, 0) is 6.54 Å². The van der Waals surface area contributed by atoms with Crippen molar-refractivity contribution in [3.05, 3.63) is 28.8 Å². The van der Waals surface area contributed by atoms with Crippen molar-refractivity contribution in [2.45, 2.75) is 12.6 Å². The van der Waals surface area contributed by atoms with Gasteiger partial charge in [0.05, 0.1) is 6.10 Å². The third kappa shape index (κ3) is 2.00. The van der Waals surface area contributed by atoms with Crippen LogP contribution in [0.1, 0.15) is 5.56 Å². The maximum Gasteiger partial charge on any atom is 0.0794 e. The fraction of sp³-hybridized carbons (Fsp3) is 0.400. The summed E-state index contributed by atoms with van der Waals surface area (Å²) in [6.45, 7) is 2.26. The molecule has 3 N–H and O–H groups in total. The molecule has 0 aromatic heterocycles. The molecule has 0 saturated carbocycles. The van der Waals surface area contributed by atoms with Crippen molar-refractivity contribution in [3.63, 3.8) is 0 Å². The first-order chi connectivity index (χ1) is 6.65. The summed E-state index contributed by atoms with van der Waals surface area (Å²) in [5, 5.41) is 9.82. The zero-order chi connectivity index (χ0) is 10.1. The zero-order valence-electron chi connectivity index (χ0n) is 7.78. The zero-order valence-corrected chi connectivity index (χ0v) is 8.54. The molecule has 3 nitrogen and oxygen atoms in total. The number of nitrogens with zero attached hydrogens (tertiary/aromatic N) is 1. The largest absolute Gasteiger partial charge is 0.399 e. The van der Waals surface area contributed by atoms with Gasteiger partial charge in [-0.05, 0) is 17.7 Å². The summed E-state index contributed by atoms with van der Waals surface area (Å²) < 4.78 is 0. The van der Waals surface area contributed by atoms with Crippen LogP contribution in [0.2, 0.25) is 5.02 Å². The molecule has 0 unspecified atom stereocenters. The van der Waals surface area contributed by atoms with Crippen LogP contribution < -0.4 is 5.73 Å². The van der Waals surface area contributed by atoms with Crippen LogP contribution in [0.5, 0.6) is 0 Å². The molecule has 14 heavy (non-hydrogen) atoms. The number of aliphatic hydroxyl groups excluding tert-OH is 1. The SMILES string of the molecule is Nc1ccc(CN2CC(O)C2)c(Cl)c1. The predicted molar refractivity (Wildman–Crippen MR) is 57.1 cm³/mol. The number of β-amino-alcohol motifs (C(OH)–C–C–N with tert-alkyl or cyclic N) is 1. The maximum absolute atomic E-state index is 9.12. The smallest absolute Gasteiger partial charge is 0.0794 e. The highest BCUT2D eigenvalue weighted by molar-refractivity contribution is 6.31. The van der Waals surface area contributed by atoms with Gasteiger partial charge in [0.15, 0.2) is 0 Å². The van der Waals surface area contributed by atoms with E-state index in [9.17, 15) is 0 Å². The minimum absolute atomic E-state index is 0.164. The number of likely N-dealkylation sites (tertiary alicyclic amines) is 1. The lowest BCUT2D eigenvalue weighted by Gasteiger charge is -2.35. The first kappa shape index (κ1) is 9.77. The first-order valence-electron chi connectivity index (χ1n) is 4.59. The maximum atomic E-state index is 9.12. The second kappa shape index (κ2) is 3.77. The Balaban J connectivity index is 2.02. The molecule has 0 radical (unpaired) electrons. The van der Waals surface area contributed by atoms with Gasteiger partial charge in [-0.15, -0.1) is 0 Å². The number of rotatable bonds is 2. The molecule has 1 heterocycles. The lowest BCUT2D eigenvalue weighted by atomic mass is 10.1. The van der Waals surface area contributed by atoms with Crippen LogP contribution in [0.15, 0.2) is 18.2 Å². The number of halogens is 1. The minimum atomic E-state index is -0.164. The lowest BCUT2D eigenvalue weighted by Crippen LogP contribution is -2.49. The number of benzene rings is 1. The molecule has 1 fully saturated rings. The average molecular weight is 213 g/mol. The Labute approximate surface area is 88.1 Å². The van der Waals surface area contributed by atoms with Crippen LogP contribution in [0, 0.1) is 0 Å². The molecule has 1 saturated heterocycles. The van der Waals surface area contributed by atoms with E-state index in [1.165, 1.54) is 0 Å². The van der Waals surface area contributed by atoms with Crippen LogP contribution >= 0.6 is 11.6 Å². The van der Waals surface area contributed by atoms with Crippen LogP contribution in [0.3, 0.4) is 0 Å². The molecular weight excluding hydrogens is 200 g/mol. The second-order valence-electron chi connectivity index (χ2n) is 3.70. The lowest BCUT2D eigenvalue weighted by molar-refractivity contribution is -0.00284. The van der Waals surface area contributed by atoms with E-state index in [0.717, 1.165) is 25.2 Å². The minimum Gasteiger partial charge on any atom is -0.399 e. The molecule has 0 amide bonds.